The maximum Gasteiger partial charge on any atom is 0.335 e. The molecule has 0 atom stereocenters. The molecular formula is C29H22FN5O6. The number of aromatic carboxylic acids is 1. The van der Waals surface area contributed by atoms with E-state index in [-0.39, 0.29) is 22.9 Å². The Morgan fingerprint density at radius 2 is 1.71 bits per heavy atom. The highest BCUT2D eigenvalue weighted by molar-refractivity contribution is 6.08. The number of nitrogens with two attached hydrogens (primary N) is 1. The number of carboxylic acid groups (broad SMARTS) is 1. The van der Waals surface area contributed by atoms with Crippen LogP contribution in [-0.2, 0) is 0 Å². The summed E-state index contributed by atoms with van der Waals surface area (Å²) < 4.78 is 29.5. The summed E-state index contributed by atoms with van der Waals surface area (Å²) in [6.45, 7) is 0. The van der Waals surface area contributed by atoms with Crippen LogP contribution in [-0.4, -0.2) is 46.2 Å². The molecular weight excluding hydrogens is 533 g/mol. The monoisotopic (exact) mass is 555 g/mol. The van der Waals surface area contributed by atoms with Crippen molar-refractivity contribution in [3.05, 3.63) is 90.0 Å². The van der Waals surface area contributed by atoms with Crippen LogP contribution < -0.4 is 25.3 Å². The van der Waals surface area contributed by atoms with Crippen LogP contribution in [0.2, 0.25) is 0 Å². The van der Waals surface area contributed by atoms with Gasteiger partial charge in [0.25, 0.3) is 5.91 Å². The molecule has 0 fully saturated rings. The first kappa shape index (κ1) is 26.8. The van der Waals surface area contributed by atoms with Gasteiger partial charge in [-0.1, -0.05) is 12.1 Å². The van der Waals surface area contributed by atoms with Gasteiger partial charge in [0.2, 0.25) is 5.88 Å². The van der Waals surface area contributed by atoms with Gasteiger partial charge in [-0.2, -0.15) is 4.98 Å². The molecule has 0 radical (unpaired) electrons. The molecule has 4 N–H and O–H groups in total. The number of methoxy groups -OCH3 is 2. The topological polar surface area (TPSA) is 159 Å². The number of carbonyl (C=O) groups excluding carboxylic acids is 1. The Labute approximate surface area is 232 Å². The minimum atomic E-state index is -1.20. The first-order chi connectivity index (χ1) is 19.7. The number of rotatable bonds is 9. The summed E-state index contributed by atoms with van der Waals surface area (Å²) in [5, 5.41) is 13.3. The van der Waals surface area contributed by atoms with Gasteiger partial charge in [-0.3, -0.25) is 9.78 Å². The van der Waals surface area contributed by atoms with Gasteiger partial charge >= 0.3 is 12.0 Å². The standard InChI is InChI=1S/C29H22FN5O6/c1-39-27-22(13-33-29(35-27)40-2)15-3-8-21-24(11-15)32-14-23(26(31)36)25(21)34-18-9-16(28(37)38)10-20(12-18)41-19-6-4-17(30)5-7-19/h3-14H,1-2H3,(H2,31,36)(H,32,34)(H,37,38). The Balaban J connectivity index is 1.58. The maximum atomic E-state index is 13.3. The zero-order valence-corrected chi connectivity index (χ0v) is 21.7. The van der Waals surface area contributed by atoms with E-state index in [1.54, 1.807) is 30.5 Å². The number of amides is 1. The smallest absolute Gasteiger partial charge is 0.335 e. The average molecular weight is 556 g/mol. The van der Waals surface area contributed by atoms with E-state index in [0.717, 1.165) is 0 Å². The summed E-state index contributed by atoms with van der Waals surface area (Å²) in [6, 6.07) is 14.9. The fourth-order valence-corrected chi connectivity index (χ4v) is 4.12. The summed E-state index contributed by atoms with van der Waals surface area (Å²) in [7, 11) is 2.92. The summed E-state index contributed by atoms with van der Waals surface area (Å²) in [5.74, 6) is -1.61. The van der Waals surface area contributed by atoms with Crippen molar-refractivity contribution in [1.29, 1.82) is 0 Å². The van der Waals surface area contributed by atoms with Gasteiger partial charge in [-0.25, -0.2) is 14.2 Å². The molecule has 41 heavy (non-hydrogen) atoms. The van der Waals surface area contributed by atoms with Crippen LogP contribution >= 0.6 is 0 Å². The molecule has 0 saturated carbocycles. The van der Waals surface area contributed by atoms with Crippen molar-refractivity contribution in [2.24, 2.45) is 5.73 Å². The second-order valence-corrected chi connectivity index (χ2v) is 8.65. The molecule has 1 amide bonds. The summed E-state index contributed by atoms with van der Waals surface area (Å²) >= 11 is 0. The summed E-state index contributed by atoms with van der Waals surface area (Å²) in [6.07, 6.45) is 2.89. The predicted octanol–water partition coefficient (Wildman–Crippen LogP) is 5.18. The molecule has 206 valence electrons. The highest BCUT2D eigenvalue weighted by Gasteiger charge is 2.18. The van der Waals surface area contributed by atoms with Crippen LogP contribution in [0.25, 0.3) is 22.0 Å². The van der Waals surface area contributed by atoms with E-state index in [0.29, 0.717) is 45.0 Å². The second kappa shape index (κ2) is 11.1. The number of halogens is 1. The number of anilines is 2. The van der Waals surface area contributed by atoms with Crippen molar-refractivity contribution in [1.82, 2.24) is 15.0 Å². The van der Waals surface area contributed by atoms with Crippen molar-refractivity contribution < 1.29 is 33.3 Å². The predicted molar refractivity (Wildman–Crippen MR) is 148 cm³/mol. The third kappa shape index (κ3) is 5.66. The molecule has 11 nitrogen and oxygen atoms in total. The minimum absolute atomic E-state index is 0.0809. The third-order valence-corrected chi connectivity index (χ3v) is 6.03. The van der Waals surface area contributed by atoms with Crippen LogP contribution in [0.15, 0.2) is 73.1 Å². The SMILES string of the molecule is COc1ncc(-c2ccc3c(Nc4cc(Oc5ccc(F)cc5)cc(C(=O)O)c4)c(C(N)=O)cnc3c2)c(OC)n1. The molecule has 0 aliphatic carbocycles. The van der Waals surface area contributed by atoms with Gasteiger partial charge in [-0.05, 0) is 48.0 Å². The van der Waals surface area contributed by atoms with Gasteiger partial charge in [0.1, 0.15) is 17.3 Å². The van der Waals surface area contributed by atoms with Crippen LogP contribution in [0.1, 0.15) is 20.7 Å². The Morgan fingerprint density at radius 1 is 0.927 bits per heavy atom. The number of primary amides is 1. The zero-order chi connectivity index (χ0) is 29.1. The van der Waals surface area contributed by atoms with Crippen molar-refractivity contribution in [3.63, 3.8) is 0 Å². The highest BCUT2D eigenvalue weighted by Crippen LogP contribution is 2.36. The number of hydrogen-bond acceptors (Lipinski definition) is 9. The molecule has 0 unspecified atom stereocenters. The number of benzene rings is 3. The molecule has 2 heterocycles. The number of carboxylic acids is 1. The van der Waals surface area contributed by atoms with Crippen molar-refractivity contribution in [3.8, 4) is 34.5 Å². The van der Waals surface area contributed by atoms with E-state index in [9.17, 15) is 19.1 Å². The van der Waals surface area contributed by atoms with E-state index >= 15 is 0 Å². The quantitative estimate of drug-likeness (QED) is 0.221. The molecule has 5 rings (SSSR count). The molecule has 0 aliphatic heterocycles. The number of carbonyl (C=O) groups is 2. The number of ether oxygens (including phenoxy) is 3. The summed E-state index contributed by atoms with van der Waals surface area (Å²) in [5.41, 5.74) is 8.02. The lowest BCUT2D eigenvalue weighted by molar-refractivity contribution is 0.0696. The first-order valence-electron chi connectivity index (χ1n) is 12.0. The Kier molecular flexibility index (Phi) is 7.29. The van der Waals surface area contributed by atoms with Crippen molar-refractivity contribution in [2.75, 3.05) is 19.5 Å². The van der Waals surface area contributed by atoms with E-state index in [1.165, 1.54) is 56.8 Å². The molecule has 5 aromatic rings. The number of fused-ring (bicyclic) bond motifs is 1. The van der Waals surface area contributed by atoms with E-state index in [1.807, 2.05) is 0 Å². The average Bonchev–Trinajstić information content (AvgIpc) is 2.97. The van der Waals surface area contributed by atoms with Gasteiger partial charge in [0.15, 0.2) is 0 Å². The molecule has 3 aromatic carbocycles. The lowest BCUT2D eigenvalue weighted by Crippen LogP contribution is -2.14. The van der Waals surface area contributed by atoms with Gasteiger partial charge in [0.05, 0.1) is 42.1 Å². The Hall–Kier alpha value is -5.78. The van der Waals surface area contributed by atoms with Crippen molar-refractivity contribution >= 4 is 34.2 Å². The molecule has 0 aliphatic rings. The second-order valence-electron chi connectivity index (χ2n) is 8.65. The molecule has 0 saturated heterocycles. The van der Waals surface area contributed by atoms with Crippen LogP contribution in [0.4, 0.5) is 15.8 Å². The van der Waals surface area contributed by atoms with E-state index < -0.39 is 17.7 Å². The van der Waals surface area contributed by atoms with Crippen LogP contribution in [0.3, 0.4) is 0 Å². The number of nitrogens with zero attached hydrogens (tertiary/aromatic N) is 3. The maximum absolute atomic E-state index is 13.3. The fourth-order valence-electron chi connectivity index (χ4n) is 4.12. The number of aromatic nitrogens is 3. The molecule has 0 bridgehead atoms. The van der Waals surface area contributed by atoms with E-state index in [2.05, 4.69) is 20.3 Å². The number of hydrogen-bond donors (Lipinski definition) is 3. The number of pyridine rings is 1. The van der Waals surface area contributed by atoms with E-state index in [4.69, 9.17) is 19.9 Å². The molecule has 2 aromatic heterocycles. The first-order valence-corrected chi connectivity index (χ1v) is 12.0. The van der Waals surface area contributed by atoms with Crippen LogP contribution in [0.5, 0.6) is 23.4 Å². The fraction of sp³-hybridized carbons (Fsp3) is 0.0690. The van der Waals surface area contributed by atoms with Crippen LogP contribution in [0, 0.1) is 5.82 Å². The summed E-state index contributed by atoms with van der Waals surface area (Å²) in [4.78, 5) is 37.0. The largest absolute Gasteiger partial charge is 0.480 e. The lowest BCUT2D eigenvalue weighted by Gasteiger charge is -2.16. The normalized spacial score (nSPS) is 10.7. The lowest BCUT2D eigenvalue weighted by atomic mass is 10.0. The Morgan fingerprint density at radius 3 is 2.39 bits per heavy atom. The minimum Gasteiger partial charge on any atom is -0.480 e. The van der Waals surface area contributed by atoms with Gasteiger partial charge in [0, 0.05) is 29.5 Å². The third-order valence-electron chi connectivity index (χ3n) is 6.03. The van der Waals surface area contributed by atoms with Gasteiger partial charge < -0.3 is 30.4 Å². The zero-order valence-electron chi connectivity index (χ0n) is 21.7. The molecule has 0 spiro atoms. The van der Waals surface area contributed by atoms with Crippen molar-refractivity contribution in [2.45, 2.75) is 0 Å². The Bertz CT molecular complexity index is 1800. The van der Waals surface area contributed by atoms with Gasteiger partial charge in [-0.15, -0.1) is 0 Å². The highest BCUT2D eigenvalue weighted by atomic mass is 19.1. The number of nitrogens with one attached hydrogen (secondary N) is 1. The molecule has 12 heteroatoms.